The van der Waals surface area contributed by atoms with Gasteiger partial charge in [-0.2, -0.15) is 0 Å². The van der Waals surface area contributed by atoms with Crippen molar-refractivity contribution in [3.8, 4) is 0 Å². The molecule has 0 fully saturated rings. The van der Waals surface area contributed by atoms with Crippen LogP contribution in [0.5, 0.6) is 0 Å². The highest BCUT2D eigenvalue weighted by Gasteiger charge is 2.35. The van der Waals surface area contributed by atoms with Crippen LogP contribution in [0.1, 0.15) is 31.1 Å². The molecule has 33 heavy (non-hydrogen) atoms. The standard InChI is InChI=1S/C27H19BrN2O3/c28-20-10-5-9-19(17-20)25(31)29(24-14-6-8-18-7-1-2-11-21(18)24)15-16-30-26(32)22-12-3-4-13-23(22)27(30)33/h1-14,17H,15-16H2. The van der Waals surface area contributed by atoms with E-state index in [-0.39, 0.29) is 30.8 Å². The Kier molecular flexibility index (Phi) is 5.52. The molecule has 1 heterocycles. The van der Waals surface area contributed by atoms with Crippen LogP contribution in [-0.4, -0.2) is 35.7 Å². The summed E-state index contributed by atoms with van der Waals surface area (Å²) in [5, 5.41) is 1.92. The number of carbonyl (C=O) groups excluding carboxylic acids is 3. The summed E-state index contributed by atoms with van der Waals surface area (Å²) in [5.74, 6) is -0.865. The van der Waals surface area contributed by atoms with E-state index < -0.39 is 0 Å². The number of benzene rings is 4. The Bertz CT molecular complexity index is 1380. The van der Waals surface area contributed by atoms with Crippen molar-refractivity contribution in [3.05, 3.63) is 112 Å². The van der Waals surface area contributed by atoms with E-state index in [4.69, 9.17) is 0 Å². The first-order valence-electron chi connectivity index (χ1n) is 10.5. The maximum absolute atomic E-state index is 13.6. The van der Waals surface area contributed by atoms with Gasteiger partial charge in [0.2, 0.25) is 0 Å². The number of imide groups is 1. The molecule has 0 saturated heterocycles. The predicted molar refractivity (Wildman–Crippen MR) is 132 cm³/mol. The number of hydrogen-bond acceptors (Lipinski definition) is 3. The highest BCUT2D eigenvalue weighted by Crippen LogP contribution is 2.29. The van der Waals surface area contributed by atoms with Crippen LogP contribution >= 0.6 is 15.9 Å². The van der Waals surface area contributed by atoms with Gasteiger partial charge in [-0.15, -0.1) is 0 Å². The molecule has 4 aromatic carbocycles. The van der Waals surface area contributed by atoms with Crippen LogP contribution in [0.3, 0.4) is 0 Å². The fourth-order valence-electron chi connectivity index (χ4n) is 4.19. The predicted octanol–water partition coefficient (Wildman–Crippen LogP) is 5.55. The van der Waals surface area contributed by atoms with Gasteiger partial charge >= 0.3 is 0 Å². The van der Waals surface area contributed by atoms with Crippen LogP contribution < -0.4 is 4.90 Å². The number of amides is 3. The van der Waals surface area contributed by atoms with E-state index in [1.165, 1.54) is 4.90 Å². The number of hydrogen-bond donors (Lipinski definition) is 0. The summed E-state index contributed by atoms with van der Waals surface area (Å²) in [6, 6.07) is 27.6. The van der Waals surface area contributed by atoms with Crippen molar-refractivity contribution in [1.29, 1.82) is 0 Å². The summed E-state index contributed by atoms with van der Waals surface area (Å²) in [7, 11) is 0. The van der Waals surface area contributed by atoms with Crippen molar-refractivity contribution in [3.63, 3.8) is 0 Å². The molecule has 5 nitrogen and oxygen atoms in total. The summed E-state index contributed by atoms with van der Waals surface area (Å²) in [5.41, 5.74) is 2.05. The maximum atomic E-state index is 13.6. The molecule has 0 spiro atoms. The van der Waals surface area contributed by atoms with Crippen LogP contribution in [-0.2, 0) is 0 Å². The van der Waals surface area contributed by atoms with Gasteiger partial charge in [0.25, 0.3) is 17.7 Å². The van der Waals surface area contributed by atoms with Crippen molar-refractivity contribution in [2.24, 2.45) is 0 Å². The van der Waals surface area contributed by atoms with Crippen molar-refractivity contribution in [2.45, 2.75) is 0 Å². The second-order valence-corrected chi connectivity index (χ2v) is 8.69. The molecular formula is C27H19BrN2O3. The fraction of sp³-hybridized carbons (Fsp3) is 0.0741. The minimum atomic E-state index is -0.330. The SMILES string of the molecule is O=C1c2ccccc2C(=O)N1CCN(C(=O)c1cccc(Br)c1)c1cccc2ccccc12. The van der Waals surface area contributed by atoms with Crippen molar-refractivity contribution < 1.29 is 14.4 Å². The fourth-order valence-corrected chi connectivity index (χ4v) is 4.59. The van der Waals surface area contributed by atoms with E-state index >= 15 is 0 Å². The first kappa shape index (κ1) is 21.1. The minimum absolute atomic E-state index is 0.0926. The number of anilines is 1. The molecule has 0 radical (unpaired) electrons. The Hall–Kier alpha value is -3.77. The van der Waals surface area contributed by atoms with Crippen molar-refractivity contribution in [1.82, 2.24) is 4.90 Å². The lowest BCUT2D eigenvalue weighted by Crippen LogP contribution is -2.41. The third kappa shape index (κ3) is 3.83. The highest BCUT2D eigenvalue weighted by atomic mass is 79.9. The first-order chi connectivity index (χ1) is 16.0. The molecule has 3 amide bonds. The van der Waals surface area contributed by atoms with E-state index in [0.717, 1.165) is 20.9 Å². The molecule has 4 aromatic rings. The molecule has 0 N–H and O–H groups in total. The zero-order chi connectivity index (χ0) is 22.9. The van der Waals surface area contributed by atoms with Gasteiger partial charge in [-0.3, -0.25) is 19.3 Å². The lowest BCUT2D eigenvalue weighted by Gasteiger charge is -2.26. The van der Waals surface area contributed by atoms with Crippen molar-refractivity contribution >= 4 is 50.1 Å². The summed E-state index contributed by atoms with van der Waals surface area (Å²) in [6.45, 7) is 0.264. The largest absolute Gasteiger partial charge is 0.306 e. The number of fused-ring (bicyclic) bond motifs is 2. The molecule has 0 bridgehead atoms. The maximum Gasteiger partial charge on any atom is 0.261 e. The number of halogens is 1. The van der Waals surface area contributed by atoms with Gasteiger partial charge < -0.3 is 4.90 Å². The molecule has 0 saturated carbocycles. The average molecular weight is 499 g/mol. The van der Waals surface area contributed by atoms with Gasteiger partial charge in [-0.1, -0.05) is 70.5 Å². The van der Waals surface area contributed by atoms with E-state index in [2.05, 4.69) is 15.9 Å². The van der Waals surface area contributed by atoms with E-state index in [0.29, 0.717) is 16.7 Å². The number of rotatable bonds is 5. The Morgan fingerprint density at radius 3 is 2.15 bits per heavy atom. The quantitative estimate of drug-likeness (QED) is 0.339. The van der Waals surface area contributed by atoms with Gasteiger partial charge in [0, 0.05) is 28.5 Å². The molecule has 0 atom stereocenters. The zero-order valence-corrected chi connectivity index (χ0v) is 19.2. The lowest BCUT2D eigenvalue weighted by atomic mass is 10.1. The van der Waals surface area contributed by atoms with Crippen LogP contribution in [0, 0.1) is 0 Å². The van der Waals surface area contributed by atoms with Crippen LogP contribution in [0.15, 0.2) is 95.5 Å². The number of nitrogens with zero attached hydrogens (tertiary/aromatic N) is 2. The van der Waals surface area contributed by atoms with Gasteiger partial charge in [0.05, 0.1) is 16.8 Å². The molecular weight excluding hydrogens is 480 g/mol. The van der Waals surface area contributed by atoms with E-state index in [1.54, 1.807) is 41.3 Å². The van der Waals surface area contributed by atoms with Gasteiger partial charge in [0.15, 0.2) is 0 Å². The topological polar surface area (TPSA) is 57.7 Å². The molecule has 5 rings (SSSR count). The van der Waals surface area contributed by atoms with Crippen LogP contribution in [0.2, 0.25) is 0 Å². The third-order valence-electron chi connectivity index (χ3n) is 5.80. The number of carbonyl (C=O) groups is 3. The zero-order valence-electron chi connectivity index (χ0n) is 17.6. The molecule has 0 aliphatic carbocycles. The second kappa shape index (κ2) is 8.64. The van der Waals surface area contributed by atoms with Gasteiger partial charge in [-0.05, 0) is 41.8 Å². The molecule has 1 aliphatic heterocycles. The van der Waals surface area contributed by atoms with Gasteiger partial charge in [0.1, 0.15) is 0 Å². The van der Waals surface area contributed by atoms with Crippen molar-refractivity contribution in [2.75, 3.05) is 18.0 Å². The Morgan fingerprint density at radius 1 is 0.788 bits per heavy atom. The van der Waals surface area contributed by atoms with E-state index in [9.17, 15) is 14.4 Å². The summed E-state index contributed by atoms with van der Waals surface area (Å²) >= 11 is 3.43. The average Bonchev–Trinajstić information content (AvgIpc) is 3.09. The highest BCUT2D eigenvalue weighted by molar-refractivity contribution is 9.10. The summed E-state index contributed by atoms with van der Waals surface area (Å²) in [4.78, 5) is 42.2. The molecule has 0 aromatic heterocycles. The van der Waals surface area contributed by atoms with Gasteiger partial charge in [-0.25, -0.2) is 0 Å². The normalized spacial score (nSPS) is 12.8. The molecule has 1 aliphatic rings. The lowest BCUT2D eigenvalue weighted by molar-refractivity contribution is 0.0654. The van der Waals surface area contributed by atoms with E-state index in [1.807, 2.05) is 54.6 Å². The minimum Gasteiger partial charge on any atom is -0.306 e. The first-order valence-corrected chi connectivity index (χ1v) is 11.3. The monoisotopic (exact) mass is 498 g/mol. The smallest absolute Gasteiger partial charge is 0.261 e. The third-order valence-corrected chi connectivity index (χ3v) is 6.29. The second-order valence-electron chi connectivity index (χ2n) is 7.77. The summed E-state index contributed by atoms with van der Waals surface area (Å²) < 4.78 is 0.798. The molecule has 162 valence electrons. The molecule has 6 heteroatoms. The van der Waals surface area contributed by atoms with Crippen LogP contribution in [0.4, 0.5) is 5.69 Å². The Morgan fingerprint density at radius 2 is 1.42 bits per heavy atom. The Balaban J connectivity index is 1.52. The summed E-state index contributed by atoms with van der Waals surface area (Å²) in [6.07, 6.45) is 0. The molecule has 0 unspecified atom stereocenters. The van der Waals surface area contributed by atoms with Crippen LogP contribution in [0.25, 0.3) is 10.8 Å². The Labute approximate surface area is 199 Å².